The number of nitrogens with one attached hydrogen (secondary N) is 2. The molecule has 1 saturated carbocycles. The fraction of sp³-hybridized carbons (Fsp3) is 0.207. The lowest BCUT2D eigenvalue weighted by Crippen LogP contribution is -2.29. The number of carbonyl (C=O) groups is 1. The van der Waals surface area contributed by atoms with Crippen molar-refractivity contribution in [2.45, 2.75) is 37.8 Å². The van der Waals surface area contributed by atoms with Gasteiger partial charge in [-0.3, -0.25) is 9.78 Å². The van der Waals surface area contributed by atoms with Crippen LogP contribution < -0.4 is 11.1 Å². The van der Waals surface area contributed by atoms with Crippen LogP contribution in [0.1, 0.15) is 36.0 Å². The number of hydrogen-bond acceptors (Lipinski definition) is 5. The maximum atomic E-state index is 12.2. The molecule has 1 fully saturated rings. The quantitative estimate of drug-likeness (QED) is 0.275. The first-order valence-electron chi connectivity index (χ1n) is 12.3. The Morgan fingerprint density at radius 1 is 0.972 bits per heavy atom. The van der Waals surface area contributed by atoms with E-state index in [0.29, 0.717) is 11.3 Å². The van der Waals surface area contributed by atoms with E-state index in [9.17, 15) is 9.90 Å². The molecule has 36 heavy (non-hydrogen) atoms. The molecule has 5 N–H and O–H groups in total. The lowest BCUT2D eigenvalue weighted by molar-refractivity contribution is 0.100. The predicted molar refractivity (Wildman–Crippen MR) is 143 cm³/mol. The van der Waals surface area contributed by atoms with Gasteiger partial charge < -0.3 is 21.1 Å². The minimum absolute atomic E-state index is 0.185. The van der Waals surface area contributed by atoms with Crippen molar-refractivity contribution in [1.82, 2.24) is 15.0 Å². The van der Waals surface area contributed by atoms with Crippen LogP contribution in [-0.4, -0.2) is 38.1 Å². The zero-order valence-corrected chi connectivity index (χ0v) is 19.7. The van der Waals surface area contributed by atoms with Gasteiger partial charge >= 0.3 is 0 Å². The van der Waals surface area contributed by atoms with Gasteiger partial charge in [-0.15, -0.1) is 0 Å². The predicted octanol–water partition coefficient (Wildman–Crippen LogP) is 5.26. The summed E-state index contributed by atoms with van der Waals surface area (Å²) in [5.41, 5.74) is 11.6. The summed E-state index contributed by atoms with van der Waals surface area (Å²) in [6.07, 6.45) is 8.55. The molecule has 3 heterocycles. The number of fused-ring (bicyclic) bond motifs is 2. The number of aromatic nitrogens is 3. The van der Waals surface area contributed by atoms with Crippen molar-refractivity contribution >= 4 is 33.4 Å². The SMILES string of the molecule is NC(=O)c1ccc(-c2nccc3c(-c4cnc5[nH]ccc5c4)cccc23)cc1NC1CCC(O)CC1. The molecular formula is C29H27N5O2. The number of nitrogens with two attached hydrogens (primary N) is 1. The van der Waals surface area contributed by atoms with Gasteiger partial charge in [-0.05, 0) is 67.0 Å². The van der Waals surface area contributed by atoms with Gasteiger partial charge in [0.25, 0.3) is 5.91 Å². The molecule has 5 aromatic rings. The number of amides is 1. The lowest BCUT2D eigenvalue weighted by atomic mass is 9.92. The molecule has 0 spiro atoms. The lowest BCUT2D eigenvalue weighted by Gasteiger charge is -2.28. The minimum atomic E-state index is -0.472. The summed E-state index contributed by atoms with van der Waals surface area (Å²) in [5, 5.41) is 16.5. The van der Waals surface area contributed by atoms with Gasteiger partial charge in [-0.2, -0.15) is 0 Å². The zero-order chi connectivity index (χ0) is 24.6. The number of hydrogen-bond donors (Lipinski definition) is 4. The normalized spacial score (nSPS) is 17.9. The molecule has 0 aliphatic heterocycles. The number of nitrogens with zero attached hydrogens (tertiary/aromatic N) is 2. The van der Waals surface area contributed by atoms with Crippen molar-refractivity contribution in [2.75, 3.05) is 5.32 Å². The largest absolute Gasteiger partial charge is 0.393 e. The first kappa shape index (κ1) is 22.2. The standard InChI is InChI=1S/C29H27N5O2/c30-28(36)25-9-4-17(15-26(25)34-20-5-7-21(35)8-6-20)27-24-3-1-2-22(23(24)11-13-31-27)19-14-18-10-12-32-29(18)33-16-19/h1-4,9-16,20-21,34-35H,5-8H2,(H2,30,36)(H,32,33). The molecule has 0 atom stereocenters. The second kappa shape index (κ2) is 9.09. The van der Waals surface area contributed by atoms with Gasteiger partial charge in [0.15, 0.2) is 0 Å². The molecule has 180 valence electrons. The van der Waals surface area contributed by atoms with Crippen molar-refractivity contribution in [3.05, 3.63) is 78.8 Å². The smallest absolute Gasteiger partial charge is 0.250 e. The van der Waals surface area contributed by atoms with Crippen LogP contribution in [0.15, 0.2) is 73.2 Å². The Labute approximate surface area is 208 Å². The van der Waals surface area contributed by atoms with Gasteiger partial charge in [0, 0.05) is 52.2 Å². The molecule has 0 radical (unpaired) electrons. The molecule has 1 aliphatic rings. The van der Waals surface area contributed by atoms with Crippen LogP contribution >= 0.6 is 0 Å². The number of primary amides is 1. The van der Waals surface area contributed by atoms with E-state index in [4.69, 9.17) is 10.7 Å². The van der Waals surface area contributed by atoms with E-state index in [0.717, 1.165) is 69.9 Å². The summed E-state index contributed by atoms with van der Waals surface area (Å²) in [6, 6.07) is 18.2. The number of aromatic amines is 1. The third-order valence-electron chi connectivity index (χ3n) is 7.13. The van der Waals surface area contributed by atoms with E-state index in [2.05, 4.69) is 33.5 Å². The number of aliphatic hydroxyl groups is 1. The third kappa shape index (κ3) is 4.07. The van der Waals surface area contributed by atoms with Gasteiger partial charge in [0.1, 0.15) is 5.65 Å². The fourth-order valence-corrected chi connectivity index (χ4v) is 5.24. The number of aliphatic hydroxyl groups excluding tert-OH is 1. The van der Waals surface area contributed by atoms with E-state index >= 15 is 0 Å². The van der Waals surface area contributed by atoms with Crippen LogP contribution in [0.3, 0.4) is 0 Å². The summed E-state index contributed by atoms with van der Waals surface area (Å²) in [7, 11) is 0. The Balaban J connectivity index is 1.43. The zero-order valence-electron chi connectivity index (χ0n) is 19.7. The number of pyridine rings is 2. The minimum Gasteiger partial charge on any atom is -0.393 e. The molecule has 0 bridgehead atoms. The van der Waals surface area contributed by atoms with Crippen LogP contribution in [0.2, 0.25) is 0 Å². The first-order valence-corrected chi connectivity index (χ1v) is 12.3. The Bertz CT molecular complexity index is 1580. The number of H-pyrrole nitrogens is 1. The average molecular weight is 478 g/mol. The van der Waals surface area contributed by atoms with Crippen LogP contribution in [0, 0.1) is 0 Å². The molecule has 6 rings (SSSR count). The molecule has 3 aromatic heterocycles. The summed E-state index contributed by atoms with van der Waals surface area (Å²) in [5.74, 6) is -0.472. The topological polar surface area (TPSA) is 117 Å². The maximum absolute atomic E-state index is 12.2. The van der Waals surface area contributed by atoms with Gasteiger partial charge in [0.05, 0.1) is 17.4 Å². The van der Waals surface area contributed by atoms with Crippen molar-refractivity contribution in [1.29, 1.82) is 0 Å². The molecular weight excluding hydrogens is 450 g/mol. The van der Waals surface area contributed by atoms with Crippen LogP contribution in [0.25, 0.3) is 44.2 Å². The summed E-state index contributed by atoms with van der Waals surface area (Å²) in [6.45, 7) is 0. The molecule has 0 unspecified atom stereocenters. The molecule has 1 aliphatic carbocycles. The van der Waals surface area contributed by atoms with E-state index in [-0.39, 0.29) is 12.1 Å². The van der Waals surface area contributed by atoms with Crippen LogP contribution in [0.4, 0.5) is 5.69 Å². The second-order valence-corrected chi connectivity index (χ2v) is 9.47. The monoisotopic (exact) mass is 477 g/mol. The van der Waals surface area contributed by atoms with E-state index < -0.39 is 5.91 Å². The summed E-state index contributed by atoms with van der Waals surface area (Å²) < 4.78 is 0. The van der Waals surface area contributed by atoms with E-state index in [1.54, 1.807) is 6.07 Å². The maximum Gasteiger partial charge on any atom is 0.250 e. The number of rotatable bonds is 5. The van der Waals surface area contributed by atoms with E-state index in [1.807, 2.05) is 48.9 Å². The van der Waals surface area contributed by atoms with Gasteiger partial charge in [0.2, 0.25) is 0 Å². The third-order valence-corrected chi connectivity index (χ3v) is 7.13. The van der Waals surface area contributed by atoms with Crippen LogP contribution in [-0.2, 0) is 0 Å². The molecule has 1 amide bonds. The highest BCUT2D eigenvalue weighted by molar-refractivity contribution is 6.05. The summed E-state index contributed by atoms with van der Waals surface area (Å²) >= 11 is 0. The summed E-state index contributed by atoms with van der Waals surface area (Å²) in [4.78, 5) is 24.6. The highest BCUT2D eigenvalue weighted by Crippen LogP contribution is 2.36. The Morgan fingerprint density at radius 3 is 2.67 bits per heavy atom. The Kier molecular flexibility index (Phi) is 5.62. The highest BCUT2D eigenvalue weighted by atomic mass is 16.3. The molecule has 7 heteroatoms. The van der Waals surface area contributed by atoms with Crippen LogP contribution in [0.5, 0.6) is 0 Å². The van der Waals surface area contributed by atoms with Crippen molar-refractivity contribution < 1.29 is 9.90 Å². The second-order valence-electron chi connectivity index (χ2n) is 9.47. The number of carbonyl (C=O) groups excluding carboxylic acids is 1. The van der Waals surface area contributed by atoms with Gasteiger partial charge in [-0.1, -0.05) is 24.3 Å². The first-order chi connectivity index (χ1) is 17.6. The number of anilines is 1. The Morgan fingerprint density at radius 2 is 1.83 bits per heavy atom. The Hall–Kier alpha value is -4.23. The molecule has 7 nitrogen and oxygen atoms in total. The fourth-order valence-electron chi connectivity index (χ4n) is 5.24. The molecule has 0 saturated heterocycles. The number of benzene rings is 2. The van der Waals surface area contributed by atoms with E-state index in [1.165, 1.54) is 0 Å². The van der Waals surface area contributed by atoms with Crippen molar-refractivity contribution in [3.63, 3.8) is 0 Å². The molecule has 2 aromatic carbocycles. The average Bonchev–Trinajstić information content (AvgIpc) is 3.37. The highest BCUT2D eigenvalue weighted by Gasteiger charge is 2.21. The van der Waals surface area contributed by atoms with Crippen molar-refractivity contribution in [3.8, 4) is 22.4 Å². The van der Waals surface area contributed by atoms with Gasteiger partial charge in [-0.25, -0.2) is 4.98 Å². The van der Waals surface area contributed by atoms with Crippen molar-refractivity contribution in [2.24, 2.45) is 5.73 Å².